The third kappa shape index (κ3) is 2.57. The van der Waals surface area contributed by atoms with Gasteiger partial charge in [0.2, 0.25) is 11.8 Å². The molecular formula is C20H26N2O5S. The van der Waals surface area contributed by atoms with E-state index in [1.807, 2.05) is 38.2 Å². The number of nitrogens with zero attached hydrogens (tertiary/aromatic N) is 2. The lowest BCUT2D eigenvalue weighted by molar-refractivity contribution is -0.152. The van der Waals surface area contributed by atoms with Gasteiger partial charge in [0, 0.05) is 17.8 Å². The highest BCUT2D eigenvalue weighted by Gasteiger charge is 2.71. The second kappa shape index (κ2) is 6.91. The molecule has 1 spiro atoms. The maximum atomic E-state index is 13.6. The van der Waals surface area contributed by atoms with Crippen molar-refractivity contribution in [2.24, 2.45) is 11.8 Å². The monoisotopic (exact) mass is 406 g/mol. The molecule has 4 aliphatic heterocycles. The topological polar surface area (TPSA) is 87.2 Å². The van der Waals surface area contributed by atoms with Gasteiger partial charge in [-0.1, -0.05) is 24.3 Å². The molecule has 0 saturated carbocycles. The zero-order valence-electron chi connectivity index (χ0n) is 16.3. The summed E-state index contributed by atoms with van der Waals surface area (Å²) in [6.45, 7) is 6.06. The van der Waals surface area contributed by atoms with E-state index < -0.39 is 28.7 Å². The van der Waals surface area contributed by atoms with Crippen molar-refractivity contribution < 1.29 is 24.2 Å². The van der Waals surface area contributed by atoms with E-state index in [1.165, 1.54) is 16.7 Å². The Morgan fingerprint density at radius 3 is 2.68 bits per heavy atom. The van der Waals surface area contributed by atoms with Crippen LogP contribution in [0.15, 0.2) is 24.3 Å². The van der Waals surface area contributed by atoms with Crippen LogP contribution in [0.5, 0.6) is 0 Å². The Hall–Kier alpha value is -1.80. The predicted molar refractivity (Wildman–Crippen MR) is 104 cm³/mol. The van der Waals surface area contributed by atoms with Crippen molar-refractivity contribution in [1.82, 2.24) is 9.80 Å². The highest BCUT2D eigenvalue weighted by Crippen LogP contribution is 2.61. The number of carbonyl (C=O) groups excluding carboxylic acids is 3. The number of aliphatic hydroxyl groups excluding tert-OH is 1. The Bertz CT molecular complexity index is 766. The standard InChI is InChI=1S/C20H26N2O5S/c1-11(2)21-8-5-7-20-15(14-13(28-20)6-4-9-27-19(14)26)17(24)22(12(3)10-23)16(20)18(21)25/h4-7,11-16,23H,8-10H2,1-3H3/t12-,13-,14+,15+,16?,20+/m1/s1. The third-order valence-electron chi connectivity index (χ3n) is 6.25. The van der Waals surface area contributed by atoms with Gasteiger partial charge in [-0.2, -0.15) is 0 Å². The van der Waals surface area contributed by atoms with Crippen molar-refractivity contribution in [3.8, 4) is 0 Å². The fourth-order valence-corrected chi connectivity index (χ4v) is 6.94. The average molecular weight is 407 g/mol. The quantitative estimate of drug-likeness (QED) is 0.545. The number of ether oxygens (including phenoxy) is 1. The molecule has 0 bridgehead atoms. The molecule has 0 aromatic heterocycles. The Balaban J connectivity index is 1.87. The lowest BCUT2D eigenvalue weighted by Crippen LogP contribution is -2.57. The molecular weight excluding hydrogens is 380 g/mol. The molecule has 0 aromatic rings. The minimum atomic E-state index is -0.836. The highest BCUT2D eigenvalue weighted by molar-refractivity contribution is 8.02. The average Bonchev–Trinajstić information content (AvgIpc) is 2.96. The number of esters is 1. The summed E-state index contributed by atoms with van der Waals surface area (Å²) in [7, 11) is 0. The fraction of sp³-hybridized carbons (Fsp3) is 0.650. The summed E-state index contributed by atoms with van der Waals surface area (Å²) in [5.74, 6) is -2.07. The molecule has 0 radical (unpaired) electrons. The first-order chi connectivity index (χ1) is 13.3. The van der Waals surface area contributed by atoms with Crippen molar-refractivity contribution in [3.63, 3.8) is 0 Å². The predicted octanol–water partition coefficient (Wildman–Crippen LogP) is 0.584. The fourth-order valence-electron chi connectivity index (χ4n) is 4.95. The normalized spacial score (nSPS) is 38.1. The van der Waals surface area contributed by atoms with Gasteiger partial charge in [-0.05, 0) is 20.8 Å². The molecule has 2 fully saturated rings. The van der Waals surface area contributed by atoms with Crippen LogP contribution in [-0.4, -0.2) is 80.6 Å². The summed E-state index contributed by atoms with van der Waals surface area (Å²) < 4.78 is 4.47. The summed E-state index contributed by atoms with van der Waals surface area (Å²) in [5, 5.41) is 9.57. The van der Waals surface area contributed by atoms with E-state index in [4.69, 9.17) is 4.74 Å². The maximum absolute atomic E-state index is 13.6. The van der Waals surface area contributed by atoms with Crippen LogP contribution < -0.4 is 0 Å². The van der Waals surface area contributed by atoms with Crippen LogP contribution in [0.1, 0.15) is 20.8 Å². The number of fused-ring (bicyclic) bond motifs is 2. The first-order valence-electron chi connectivity index (χ1n) is 9.75. The molecule has 8 heteroatoms. The van der Waals surface area contributed by atoms with Crippen molar-refractivity contribution >= 4 is 29.5 Å². The molecule has 4 rings (SSSR count). The minimum absolute atomic E-state index is 0.0190. The molecule has 4 heterocycles. The second-order valence-corrected chi connectivity index (χ2v) is 9.65. The van der Waals surface area contributed by atoms with Gasteiger partial charge in [0.15, 0.2) is 0 Å². The van der Waals surface area contributed by atoms with Crippen LogP contribution >= 0.6 is 11.8 Å². The number of rotatable bonds is 3. The number of carbonyl (C=O) groups is 3. The van der Waals surface area contributed by atoms with E-state index in [9.17, 15) is 19.5 Å². The number of hydrogen-bond donors (Lipinski definition) is 1. The van der Waals surface area contributed by atoms with Gasteiger partial charge in [0.1, 0.15) is 12.6 Å². The van der Waals surface area contributed by atoms with Crippen molar-refractivity contribution in [1.29, 1.82) is 0 Å². The molecule has 6 atom stereocenters. The van der Waals surface area contributed by atoms with E-state index in [-0.39, 0.29) is 42.3 Å². The molecule has 1 N–H and O–H groups in total. The number of cyclic esters (lactones) is 1. The molecule has 152 valence electrons. The van der Waals surface area contributed by atoms with Crippen LogP contribution in [0.25, 0.3) is 0 Å². The van der Waals surface area contributed by atoms with Gasteiger partial charge >= 0.3 is 5.97 Å². The molecule has 2 amide bonds. The van der Waals surface area contributed by atoms with E-state index in [0.29, 0.717) is 6.54 Å². The van der Waals surface area contributed by atoms with E-state index in [1.54, 1.807) is 11.8 Å². The third-order valence-corrected chi connectivity index (χ3v) is 7.99. The number of likely N-dealkylation sites (tertiary alicyclic amines) is 1. The molecule has 28 heavy (non-hydrogen) atoms. The lowest BCUT2D eigenvalue weighted by atomic mass is 9.78. The zero-order valence-corrected chi connectivity index (χ0v) is 17.1. The number of hydrogen-bond acceptors (Lipinski definition) is 6. The van der Waals surface area contributed by atoms with Crippen molar-refractivity contribution in [3.05, 3.63) is 24.3 Å². The minimum Gasteiger partial charge on any atom is -0.461 e. The van der Waals surface area contributed by atoms with Gasteiger partial charge in [-0.25, -0.2) is 0 Å². The van der Waals surface area contributed by atoms with Crippen LogP contribution in [0, 0.1) is 11.8 Å². The molecule has 7 nitrogen and oxygen atoms in total. The lowest BCUT2D eigenvalue weighted by Gasteiger charge is -2.38. The molecule has 2 saturated heterocycles. The summed E-state index contributed by atoms with van der Waals surface area (Å²) in [5.41, 5.74) is 0. The van der Waals surface area contributed by atoms with E-state index in [0.717, 1.165) is 0 Å². The second-order valence-electron chi connectivity index (χ2n) is 8.16. The van der Waals surface area contributed by atoms with Crippen LogP contribution in [-0.2, 0) is 19.1 Å². The first-order valence-corrected chi connectivity index (χ1v) is 10.6. The zero-order chi connectivity index (χ0) is 20.2. The smallest absolute Gasteiger partial charge is 0.311 e. The van der Waals surface area contributed by atoms with Crippen molar-refractivity contribution in [2.75, 3.05) is 19.8 Å². The Labute approximate surface area is 168 Å². The maximum Gasteiger partial charge on any atom is 0.311 e. The summed E-state index contributed by atoms with van der Waals surface area (Å²) in [6, 6.07) is -1.28. The number of aliphatic hydroxyl groups is 1. The SMILES string of the molecule is CC(C)N1CC=C[C@]23S[C@@H]4C=CCOC(=O)[C@@H]4[C@H]2C(=O)N([C@H](C)CO)C3C1=O. The Kier molecular flexibility index (Phi) is 4.82. The van der Waals surface area contributed by atoms with Gasteiger partial charge in [0.25, 0.3) is 0 Å². The highest BCUT2D eigenvalue weighted by atomic mass is 32.2. The molecule has 0 aromatic carbocycles. The van der Waals surface area contributed by atoms with Gasteiger partial charge in [-0.15, -0.1) is 11.8 Å². The van der Waals surface area contributed by atoms with Gasteiger partial charge in [-0.3, -0.25) is 14.4 Å². The van der Waals surface area contributed by atoms with E-state index in [2.05, 4.69) is 0 Å². The molecule has 0 aliphatic carbocycles. The van der Waals surface area contributed by atoms with E-state index >= 15 is 0 Å². The Morgan fingerprint density at radius 1 is 1.25 bits per heavy atom. The van der Waals surface area contributed by atoms with Crippen molar-refractivity contribution in [2.45, 2.75) is 48.9 Å². The molecule has 4 aliphatic rings. The van der Waals surface area contributed by atoms with Gasteiger partial charge in [0.05, 0.1) is 29.2 Å². The Morgan fingerprint density at radius 2 is 2.00 bits per heavy atom. The largest absolute Gasteiger partial charge is 0.461 e. The summed E-state index contributed by atoms with van der Waals surface area (Å²) in [6.07, 6.45) is 7.65. The van der Waals surface area contributed by atoms with Crippen LogP contribution in [0.2, 0.25) is 0 Å². The number of amides is 2. The van der Waals surface area contributed by atoms with Crippen LogP contribution in [0.4, 0.5) is 0 Å². The number of thioether (sulfide) groups is 1. The summed E-state index contributed by atoms with van der Waals surface area (Å²) in [4.78, 5) is 43.2. The molecule has 1 unspecified atom stereocenters. The van der Waals surface area contributed by atoms with Crippen LogP contribution in [0.3, 0.4) is 0 Å². The van der Waals surface area contributed by atoms with Gasteiger partial charge < -0.3 is 19.6 Å². The summed E-state index contributed by atoms with van der Waals surface area (Å²) >= 11 is 1.51. The first kappa shape index (κ1) is 19.5.